The first-order chi connectivity index (χ1) is 29.1. The van der Waals surface area contributed by atoms with Crippen LogP contribution in [0.5, 0.6) is 0 Å². The molecule has 0 bridgehead atoms. The molecular weight excluding hydrogens is 725 g/mol. The van der Waals surface area contributed by atoms with Crippen LogP contribution in [0.25, 0.3) is 27.5 Å². The highest BCUT2D eigenvalue weighted by atomic mass is 15.2. The van der Waals surface area contributed by atoms with Gasteiger partial charge < -0.3 is 9.80 Å². The van der Waals surface area contributed by atoms with Gasteiger partial charge in [0, 0.05) is 50.6 Å². The Balaban J connectivity index is 1.14. The number of allylic oxidation sites excluding steroid dienone is 7. The standard InChI is InChI=1S/C58H50N2/c1-37-19-17-25-41(31-37)59(39-21-9-7-10-22-39)53-35-49-47-33-52-48(34-51(47)57(3,4)55(49)45-29-15-13-27-43(45)53)50-36-54(44-28-14-16-30-46(44)56(50)58(52,5)6)60(40-23-11-8-12-24-40)42-26-18-20-38(2)32-42/h7-27,29-36,44H,28H2,1-6H3. The van der Waals surface area contributed by atoms with E-state index in [1.54, 1.807) is 0 Å². The Hall–Kier alpha value is -6.64. The summed E-state index contributed by atoms with van der Waals surface area (Å²) in [6.45, 7) is 14.2. The van der Waals surface area contributed by atoms with Crippen LogP contribution in [0.4, 0.5) is 28.4 Å². The van der Waals surface area contributed by atoms with Crippen LogP contribution in [0.1, 0.15) is 67.5 Å². The summed E-state index contributed by atoms with van der Waals surface area (Å²) in [4.78, 5) is 4.98. The highest BCUT2D eigenvalue weighted by molar-refractivity contribution is 6.08. The number of para-hydroxylation sites is 2. The highest BCUT2D eigenvalue weighted by Crippen LogP contribution is 2.61. The molecule has 0 spiro atoms. The van der Waals surface area contributed by atoms with E-state index in [2.05, 4.69) is 227 Å². The van der Waals surface area contributed by atoms with Crippen molar-refractivity contribution >= 4 is 44.8 Å². The molecule has 4 aliphatic carbocycles. The van der Waals surface area contributed by atoms with Gasteiger partial charge >= 0.3 is 0 Å². The van der Waals surface area contributed by atoms with E-state index in [4.69, 9.17) is 0 Å². The summed E-state index contributed by atoms with van der Waals surface area (Å²) in [6, 6.07) is 56.5. The number of hydrogen-bond donors (Lipinski definition) is 0. The molecule has 2 nitrogen and oxygen atoms in total. The average molecular weight is 775 g/mol. The molecule has 60 heavy (non-hydrogen) atoms. The third kappa shape index (κ3) is 5.40. The molecule has 0 aliphatic heterocycles. The summed E-state index contributed by atoms with van der Waals surface area (Å²) in [5, 5.41) is 2.58. The molecule has 0 fully saturated rings. The lowest BCUT2D eigenvalue weighted by Gasteiger charge is -2.40. The number of hydrogen-bond acceptors (Lipinski definition) is 2. The molecule has 7 aromatic carbocycles. The number of rotatable bonds is 6. The van der Waals surface area contributed by atoms with Gasteiger partial charge in [-0.25, -0.2) is 0 Å². The Morgan fingerprint density at radius 1 is 0.517 bits per heavy atom. The summed E-state index contributed by atoms with van der Waals surface area (Å²) in [7, 11) is 0. The van der Waals surface area contributed by atoms with Crippen LogP contribution in [-0.4, -0.2) is 0 Å². The van der Waals surface area contributed by atoms with Crippen LogP contribution in [0.2, 0.25) is 0 Å². The Morgan fingerprint density at radius 2 is 1.08 bits per heavy atom. The number of nitrogens with zero attached hydrogens (tertiary/aromatic N) is 2. The third-order valence-corrected chi connectivity index (χ3v) is 13.8. The van der Waals surface area contributed by atoms with Crippen molar-refractivity contribution < 1.29 is 0 Å². The monoisotopic (exact) mass is 774 g/mol. The molecule has 0 aromatic heterocycles. The highest BCUT2D eigenvalue weighted by Gasteiger charge is 2.47. The van der Waals surface area contributed by atoms with E-state index in [0.29, 0.717) is 0 Å². The lowest BCUT2D eigenvalue weighted by atomic mass is 9.70. The van der Waals surface area contributed by atoms with Gasteiger partial charge in [-0.15, -0.1) is 0 Å². The Labute approximate surface area is 355 Å². The van der Waals surface area contributed by atoms with Gasteiger partial charge in [0.2, 0.25) is 0 Å². The van der Waals surface area contributed by atoms with Crippen molar-refractivity contribution in [1.29, 1.82) is 0 Å². The molecule has 11 rings (SSSR count). The number of fused-ring (bicyclic) bond motifs is 9. The van der Waals surface area contributed by atoms with Crippen molar-refractivity contribution in [2.75, 3.05) is 9.80 Å². The van der Waals surface area contributed by atoms with Gasteiger partial charge in [0.1, 0.15) is 0 Å². The van der Waals surface area contributed by atoms with E-state index in [1.807, 2.05) is 0 Å². The first-order valence-corrected chi connectivity index (χ1v) is 21.5. The van der Waals surface area contributed by atoms with Gasteiger partial charge in [0.25, 0.3) is 0 Å². The lowest BCUT2D eigenvalue weighted by Crippen LogP contribution is -2.30. The van der Waals surface area contributed by atoms with Gasteiger partial charge in [0.15, 0.2) is 0 Å². The van der Waals surface area contributed by atoms with E-state index in [1.165, 1.54) is 94.8 Å². The van der Waals surface area contributed by atoms with Crippen LogP contribution < -0.4 is 9.80 Å². The average Bonchev–Trinajstić information content (AvgIpc) is 3.62. The Kier molecular flexibility index (Phi) is 8.16. The molecule has 7 aromatic rings. The fourth-order valence-electron chi connectivity index (χ4n) is 11.1. The maximum atomic E-state index is 2.59. The van der Waals surface area contributed by atoms with Crippen LogP contribution in [-0.2, 0) is 10.8 Å². The van der Waals surface area contributed by atoms with Gasteiger partial charge in [-0.3, -0.25) is 0 Å². The normalized spacial score (nSPS) is 17.6. The molecule has 1 unspecified atom stereocenters. The molecule has 0 heterocycles. The maximum Gasteiger partial charge on any atom is 0.0546 e. The minimum absolute atomic E-state index is 0.192. The summed E-state index contributed by atoms with van der Waals surface area (Å²) in [5.74, 6) is 0.242. The number of anilines is 5. The summed E-state index contributed by atoms with van der Waals surface area (Å²) >= 11 is 0. The first kappa shape index (κ1) is 36.4. The largest absolute Gasteiger partial charge is 0.314 e. The topological polar surface area (TPSA) is 6.48 Å². The predicted molar refractivity (Wildman–Crippen MR) is 254 cm³/mol. The second-order valence-electron chi connectivity index (χ2n) is 18.3. The molecule has 4 aliphatic rings. The fourth-order valence-corrected chi connectivity index (χ4v) is 11.1. The molecule has 0 amide bonds. The van der Waals surface area contributed by atoms with Gasteiger partial charge in [-0.2, -0.15) is 0 Å². The summed E-state index contributed by atoms with van der Waals surface area (Å²) < 4.78 is 0. The fraction of sp³-hybridized carbons (Fsp3) is 0.172. The SMILES string of the molecule is Cc1cccc(N(C2=CC3=C(C4=CC=CCC42)C(C)(C)c2cc4c(cc23)C(C)(C)c2c-4cc(N(c3ccccc3)c3cccc(C)c3)c3ccccc23)c2ccccc2)c1. The zero-order valence-corrected chi connectivity index (χ0v) is 35.4. The molecule has 0 N–H and O–H groups in total. The third-order valence-electron chi connectivity index (χ3n) is 13.8. The quantitative estimate of drug-likeness (QED) is 0.166. The van der Waals surface area contributed by atoms with Crippen molar-refractivity contribution in [3.63, 3.8) is 0 Å². The van der Waals surface area contributed by atoms with Crippen LogP contribution in [0.15, 0.2) is 193 Å². The number of benzene rings is 7. The van der Waals surface area contributed by atoms with Crippen molar-refractivity contribution in [2.45, 2.75) is 58.8 Å². The minimum atomic E-state index is -0.222. The van der Waals surface area contributed by atoms with Crippen molar-refractivity contribution in [2.24, 2.45) is 5.92 Å². The van der Waals surface area contributed by atoms with Crippen LogP contribution >= 0.6 is 0 Å². The maximum absolute atomic E-state index is 2.59. The Bertz CT molecular complexity index is 3030. The zero-order chi connectivity index (χ0) is 40.9. The van der Waals surface area contributed by atoms with Gasteiger partial charge in [0.05, 0.1) is 5.69 Å². The predicted octanol–water partition coefficient (Wildman–Crippen LogP) is 15.5. The zero-order valence-electron chi connectivity index (χ0n) is 35.4. The second-order valence-corrected chi connectivity index (χ2v) is 18.3. The molecule has 0 saturated heterocycles. The van der Waals surface area contributed by atoms with E-state index in [-0.39, 0.29) is 16.7 Å². The van der Waals surface area contributed by atoms with Gasteiger partial charge in [-0.1, -0.05) is 131 Å². The van der Waals surface area contributed by atoms with E-state index in [0.717, 1.165) is 17.8 Å². The Morgan fingerprint density at radius 3 is 1.75 bits per heavy atom. The molecule has 0 saturated carbocycles. The summed E-state index contributed by atoms with van der Waals surface area (Å²) in [6.07, 6.45) is 10.6. The van der Waals surface area contributed by atoms with Crippen LogP contribution in [0, 0.1) is 19.8 Å². The van der Waals surface area contributed by atoms with Crippen molar-refractivity contribution in [3.8, 4) is 11.1 Å². The molecule has 2 heteroatoms. The van der Waals surface area contributed by atoms with Gasteiger partial charge in [-0.05, 0) is 160 Å². The molecule has 0 radical (unpaired) electrons. The van der Waals surface area contributed by atoms with E-state index >= 15 is 0 Å². The van der Waals surface area contributed by atoms with Crippen molar-refractivity contribution in [3.05, 3.63) is 226 Å². The van der Waals surface area contributed by atoms with E-state index in [9.17, 15) is 0 Å². The van der Waals surface area contributed by atoms with Crippen molar-refractivity contribution in [1.82, 2.24) is 0 Å². The smallest absolute Gasteiger partial charge is 0.0546 e. The molecule has 292 valence electrons. The lowest BCUT2D eigenvalue weighted by molar-refractivity contribution is 0.602. The van der Waals surface area contributed by atoms with Crippen LogP contribution in [0.3, 0.4) is 0 Å². The molecule has 1 atom stereocenters. The first-order valence-electron chi connectivity index (χ1n) is 21.5. The summed E-state index contributed by atoms with van der Waals surface area (Å²) in [5.41, 5.74) is 21.9. The number of aryl methyl sites for hydroxylation is 2. The second kappa shape index (κ2) is 13.4. The minimum Gasteiger partial charge on any atom is -0.314 e. The van der Waals surface area contributed by atoms with E-state index < -0.39 is 0 Å². The molecular formula is C58H50N2.